The van der Waals surface area contributed by atoms with Crippen molar-refractivity contribution in [1.29, 1.82) is 0 Å². The predicted molar refractivity (Wildman–Crippen MR) is 78.4 cm³/mol. The maximum atomic E-state index is 6.00. The van der Waals surface area contributed by atoms with Crippen molar-refractivity contribution in [2.75, 3.05) is 13.1 Å². The molecule has 1 saturated heterocycles. The number of nitrogens with zero attached hydrogens (tertiary/aromatic N) is 1. The fraction of sp³-hybridized carbons (Fsp3) is 0.538. The summed E-state index contributed by atoms with van der Waals surface area (Å²) < 4.78 is 0.197. The molecule has 0 N–H and O–H groups in total. The maximum absolute atomic E-state index is 6.00. The van der Waals surface area contributed by atoms with E-state index < -0.39 is 0 Å². The average Bonchev–Trinajstić information content (AvgIpc) is 2.20. The van der Waals surface area contributed by atoms with Crippen molar-refractivity contribution in [3.8, 4) is 0 Å². The Hall–Kier alpha value is 0.110. The van der Waals surface area contributed by atoms with Gasteiger partial charge in [0.15, 0.2) is 0 Å². The van der Waals surface area contributed by atoms with E-state index in [0.717, 1.165) is 32.5 Å². The summed E-state index contributed by atoms with van der Waals surface area (Å²) in [7, 11) is 0. The van der Waals surface area contributed by atoms with Crippen LogP contribution in [0.2, 0.25) is 10.0 Å². The molecule has 1 heterocycles. The average molecular weight is 290 g/mol. The quantitative estimate of drug-likeness (QED) is 0.796. The fourth-order valence-corrected chi connectivity index (χ4v) is 2.92. The van der Waals surface area contributed by atoms with Gasteiger partial charge in [-0.05, 0) is 49.7 Å². The van der Waals surface area contributed by atoms with Crippen LogP contribution in [0.5, 0.6) is 0 Å². The molecule has 1 aliphatic rings. The van der Waals surface area contributed by atoms with Gasteiger partial charge in [0.2, 0.25) is 0 Å². The van der Waals surface area contributed by atoms with Crippen LogP contribution in [0.3, 0.4) is 0 Å². The van der Waals surface area contributed by atoms with Gasteiger partial charge in [-0.3, -0.25) is 4.90 Å². The van der Waals surface area contributed by atoms with Crippen LogP contribution in [0.1, 0.15) is 25.3 Å². The largest absolute Gasteiger partial charge is 0.299 e. The zero-order valence-electron chi connectivity index (χ0n) is 9.92. The second-order valence-corrected chi connectivity index (χ2v) is 7.00. The molecule has 1 aliphatic heterocycles. The lowest BCUT2D eigenvalue weighted by molar-refractivity contribution is 0.199. The lowest BCUT2D eigenvalue weighted by Gasteiger charge is -2.36. The minimum absolute atomic E-state index is 0.197. The number of rotatable bonds is 2. The molecule has 1 nitrogen and oxygen atoms in total. The summed E-state index contributed by atoms with van der Waals surface area (Å²) in [6.07, 6.45) is 2.26. The molecule has 2 rings (SSSR count). The highest BCUT2D eigenvalue weighted by atomic mass is 35.5. The van der Waals surface area contributed by atoms with Crippen LogP contribution in [-0.2, 0) is 6.54 Å². The van der Waals surface area contributed by atoms with E-state index in [2.05, 4.69) is 24.5 Å². The molecular formula is C13H17Cl2NS. The molecule has 0 bridgehead atoms. The molecule has 1 fully saturated rings. The smallest absolute Gasteiger partial charge is 0.0424 e. The summed E-state index contributed by atoms with van der Waals surface area (Å²) in [6, 6.07) is 5.75. The Kier molecular flexibility index (Phi) is 4.30. The van der Waals surface area contributed by atoms with Gasteiger partial charge < -0.3 is 0 Å². The number of thiol groups is 1. The molecule has 0 unspecified atom stereocenters. The first-order valence-electron chi connectivity index (χ1n) is 5.84. The second kappa shape index (κ2) is 5.40. The van der Waals surface area contributed by atoms with Crippen LogP contribution in [0.4, 0.5) is 0 Å². The van der Waals surface area contributed by atoms with Gasteiger partial charge in [-0.25, -0.2) is 0 Å². The van der Waals surface area contributed by atoms with E-state index in [1.165, 1.54) is 5.56 Å². The first-order valence-corrected chi connectivity index (χ1v) is 7.05. The Balaban J connectivity index is 1.97. The van der Waals surface area contributed by atoms with Crippen LogP contribution in [0.25, 0.3) is 0 Å². The van der Waals surface area contributed by atoms with E-state index in [4.69, 9.17) is 23.2 Å². The number of hydrogen-bond donors (Lipinski definition) is 1. The molecule has 94 valence electrons. The highest BCUT2D eigenvalue weighted by Crippen LogP contribution is 2.29. The van der Waals surface area contributed by atoms with E-state index in [1.807, 2.05) is 12.1 Å². The zero-order valence-corrected chi connectivity index (χ0v) is 12.3. The van der Waals surface area contributed by atoms with E-state index in [1.54, 1.807) is 6.07 Å². The van der Waals surface area contributed by atoms with Gasteiger partial charge in [-0.1, -0.05) is 30.1 Å². The van der Waals surface area contributed by atoms with E-state index in [9.17, 15) is 0 Å². The highest BCUT2D eigenvalue weighted by Gasteiger charge is 2.26. The lowest BCUT2D eigenvalue weighted by atomic mass is 9.97. The third-order valence-electron chi connectivity index (χ3n) is 3.26. The van der Waals surface area contributed by atoms with Crippen LogP contribution >= 0.6 is 35.8 Å². The summed E-state index contributed by atoms with van der Waals surface area (Å²) in [4.78, 5) is 2.43. The molecule has 1 aromatic rings. The van der Waals surface area contributed by atoms with E-state index in [0.29, 0.717) is 10.0 Å². The summed E-state index contributed by atoms with van der Waals surface area (Å²) in [5.41, 5.74) is 1.19. The van der Waals surface area contributed by atoms with Crippen molar-refractivity contribution >= 4 is 35.8 Å². The van der Waals surface area contributed by atoms with Gasteiger partial charge >= 0.3 is 0 Å². The van der Waals surface area contributed by atoms with Gasteiger partial charge in [0.25, 0.3) is 0 Å². The van der Waals surface area contributed by atoms with Gasteiger partial charge in [-0.15, -0.1) is 0 Å². The van der Waals surface area contributed by atoms with Crippen molar-refractivity contribution in [1.82, 2.24) is 4.90 Å². The van der Waals surface area contributed by atoms with Crippen molar-refractivity contribution in [3.05, 3.63) is 33.8 Å². The van der Waals surface area contributed by atoms with E-state index >= 15 is 0 Å². The Morgan fingerprint density at radius 2 is 1.71 bits per heavy atom. The highest BCUT2D eigenvalue weighted by molar-refractivity contribution is 7.81. The third kappa shape index (κ3) is 4.06. The number of likely N-dealkylation sites (tertiary alicyclic amines) is 1. The fourth-order valence-electron chi connectivity index (χ4n) is 2.15. The molecule has 0 aliphatic carbocycles. The first kappa shape index (κ1) is 13.5. The molecule has 0 amide bonds. The number of hydrogen-bond acceptors (Lipinski definition) is 2. The van der Waals surface area contributed by atoms with Crippen molar-refractivity contribution < 1.29 is 0 Å². The summed E-state index contributed by atoms with van der Waals surface area (Å²) in [6.45, 7) is 5.31. The molecule has 0 aromatic heterocycles. The number of benzene rings is 1. The predicted octanol–water partition coefficient (Wildman–Crippen LogP) is 4.28. The summed E-state index contributed by atoms with van der Waals surface area (Å²) >= 11 is 16.6. The Labute approximate surface area is 119 Å². The molecule has 4 heteroatoms. The second-order valence-electron chi connectivity index (χ2n) is 5.05. The monoisotopic (exact) mass is 289 g/mol. The van der Waals surface area contributed by atoms with Crippen LogP contribution < -0.4 is 0 Å². The van der Waals surface area contributed by atoms with Crippen molar-refractivity contribution in [3.63, 3.8) is 0 Å². The van der Waals surface area contributed by atoms with Crippen molar-refractivity contribution in [2.45, 2.75) is 31.1 Å². The van der Waals surface area contributed by atoms with Gasteiger partial charge in [0.05, 0.1) is 0 Å². The van der Waals surface area contributed by atoms with Gasteiger partial charge in [0.1, 0.15) is 0 Å². The summed E-state index contributed by atoms with van der Waals surface area (Å²) in [5.74, 6) is 0. The zero-order chi connectivity index (χ0) is 12.5. The van der Waals surface area contributed by atoms with Crippen LogP contribution in [0, 0.1) is 0 Å². The lowest BCUT2D eigenvalue weighted by Crippen LogP contribution is -2.39. The number of piperidine rings is 1. The molecular weight excluding hydrogens is 273 g/mol. The molecule has 0 saturated carbocycles. The van der Waals surface area contributed by atoms with Crippen LogP contribution in [0.15, 0.2) is 18.2 Å². The first-order chi connectivity index (χ1) is 7.94. The van der Waals surface area contributed by atoms with Gasteiger partial charge in [0, 0.05) is 21.3 Å². The SMILES string of the molecule is CC1(S)CCN(Cc2cc(Cl)cc(Cl)c2)CC1. The van der Waals surface area contributed by atoms with Crippen molar-refractivity contribution in [2.24, 2.45) is 0 Å². The van der Waals surface area contributed by atoms with Crippen LogP contribution in [-0.4, -0.2) is 22.7 Å². The number of halogens is 2. The third-order valence-corrected chi connectivity index (χ3v) is 4.15. The topological polar surface area (TPSA) is 3.24 Å². The Bertz CT molecular complexity index is 376. The molecule has 0 radical (unpaired) electrons. The Morgan fingerprint density at radius 1 is 1.18 bits per heavy atom. The molecule has 0 spiro atoms. The standard InChI is InChI=1S/C13H17Cl2NS/c1-13(17)2-4-16(5-3-13)9-10-6-11(14)8-12(15)7-10/h6-8,17H,2-5,9H2,1H3. The summed E-state index contributed by atoms with van der Waals surface area (Å²) in [5, 5.41) is 1.42. The molecule has 1 aromatic carbocycles. The van der Waals surface area contributed by atoms with E-state index in [-0.39, 0.29) is 4.75 Å². The van der Waals surface area contributed by atoms with Gasteiger partial charge in [-0.2, -0.15) is 12.6 Å². The molecule has 0 atom stereocenters. The Morgan fingerprint density at radius 3 is 2.24 bits per heavy atom. The normalized spacial score (nSPS) is 20.5. The molecule has 17 heavy (non-hydrogen) atoms. The maximum Gasteiger partial charge on any atom is 0.0424 e. The minimum atomic E-state index is 0.197. The minimum Gasteiger partial charge on any atom is -0.299 e.